The molecule has 0 spiro atoms. The van der Waals surface area contributed by atoms with Crippen LogP contribution in [0.15, 0.2) is 16.6 Å². The Bertz CT molecular complexity index is 328. The number of hydrogen-bond acceptors (Lipinski definition) is 3. The quantitative estimate of drug-likeness (QED) is 0.642. The molecule has 1 aromatic rings. The van der Waals surface area contributed by atoms with Crippen molar-refractivity contribution in [2.24, 2.45) is 0 Å². The van der Waals surface area contributed by atoms with E-state index in [2.05, 4.69) is 15.9 Å². The molecule has 0 amide bonds. The Morgan fingerprint density at radius 2 is 2.23 bits per heavy atom. The van der Waals surface area contributed by atoms with E-state index < -0.39 is 4.92 Å². The van der Waals surface area contributed by atoms with Crippen LogP contribution >= 0.6 is 15.9 Å². The lowest BCUT2D eigenvalue weighted by Gasteiger charge is -2.02. The van der Waals surface area contributed by atoms with Crippen LogP contribution < -0.4 is 0 Å². The molecule has 0 fully saturated rings. The van der Waals surface area contributed by atoms with Gasteiger partial charge in [-0.15, -0.1) is 0 Å². The molecule has 1 rings (SSSR count). The fourth-order valence-electron chi connectivity index (χ4n) is 1.13. The highest BCUT2D eigenvalue weighted by molar-refractivity contribution is 9.10. The lowest BCUT2D eigenvalue weighted by atomic mass is 10.1. The summed E-state index contributed by atoms with van der Waals surface area (Å²) in [7, 11) is 0. The molecule has 5 heteroatoms. The predicted molar refractivity (Wildman–Crippen MR) is 51.5 cm³/mol. The molecule has 13 heavy (non-hydrogen) atoms. The molecule has 0 aliphatic carbocycles. The van der Waals surface area contributed by atoms with Gasteiger partial charge >= 0.3 is 0 Å². The average molecular weight is 246 g/mol. The molecule has 1 aromatic carbocycles. The first-order chi connectivity index (χ1) is 6.06. The van der Waals surface area contributed by atoms with Crippen LogP contribution in [0.25, 0.3) is 0 Å². The Hall–Kier alpha value is -0.940. The van der Waals surface area contributed by atoms with E-state index >= 15 is 0 Å². The van der Waals surface area contributed by atoms with Crippen LogP contribution in [0.2, 0.25) is 0 Å². The Kier molecular flexibility index (Phi) is 3.00. The minimum Gasteiger partial charge on any atom is -0.392 e. The third kappa shape index (κ3) is 2.05. The third-order valence-electron chi connectivity index (χ3n) is 1.68. The molecule has 0 heterocycles. The Morgan fingerprint density at radius 1 is 1.62 bits per heavy atom. The average Bonchev–Trinajstić information content (AvgIpc) is 2.02. The van der Waals surface area contributed by atoms with Crippen LogP contribution in [0, 0.1) is 17.0 Å². The zero-order valence-electron chi connectivity index (χ0n) is 6.95. The highest BCUT2D eigenvalue weighted by Crippen LogP contribution is 2.29. The standard InChI is InChI=1S/C8H8BrNO3/c1-5-2-6(4-11)3-7(9)8(5)10(12)13/h2-3,11H,4H2,1H3. The van der Waals surface area contributed by atoms with Crippen molar-refractivity contribution < 1.29 is 10.0 Å². The van der Waals surface area contributed by atoms with E-state index in [0.717, 1.165) is 0 Å². The summed E-state index contributed by atoms with van der Waals surface area (Å²) in [6.45, 7) is 1.53. The molecule has 0 saturated carbocycles. The van der Waals surface area contributed by atoms with Gasteiger partial charge in [0.15, 0.2) is 0 Å². The monoisotopic (exact) mass is 245 g/mol. The maximum absolute atomic E-state index is 10.6. The molecular weight excluding hydrogens is 238 g/mol. The maximum Gasteiger partial charge on any atom is 0.286 e. The van der Waals surface area contributed by atoms with E-state index in [-0.39, 0.29) is 12.3 Å². The second kappa shape index (κ2) is 3.85. The largest absolute Gasteiger partial charge is 0.392 e. The Labute approximate surface area is 83.5 Å². The number of halogens is 1. The zero-order chi connectivity index (χ0) is 10.0. The maximum atomic E-state index is 10.6. The van der Waals surface area contributed by atoms with Gasteiger partial charge in [0.1, 0.15) is 0 Å². The van der Waals surface area contributed by atoms with Gasteiger partial charge in [-0.2, -0.15) is 0 Å². The molecule has 4 nitrogen and oxygen atoms in total. The van der Waals surface area contributed by atoms with Gasteiger partial charge in [-0.3, -0.25) is 10.1 Å². The number of rotatable bonds is 2. The van der Waals surface area contributed by atoms with E-state index in [9.17, 15) is 10.1 Å². The molecule has 0 aromatic heterocycles. The van der Waals surface area contributed by atoms with Crippen LogP contribution in [0.4, 0.5) is 5.69 Å². The Balaban J connectivity index is 3.31. The van der Waals surface area contributed by atoms with Gasteiger partial charge < -0.3 is 5.11 Å². The molecule has 0 aliphatic rings. The number of benzene rings is 1. The first kappa shape index (κ1) is 10.1. The summed E-state index contributed by atoms with van der Waals surface area (Å²) >= 11 is 3.09. The van der Waals surface area contributed by atoms with Gasteiger partial charge in [0.25, 0.3) is 5.69 Å². The molecule has 0 atom stereocenters. The third-order valence-corrected chi connectivity index (χ3v) is 2.28. The number of aliphatic hydroxyl groups excluding tert-OH is 1. The van der Waals surface area contributed by atoms with E-state index in [1.54, 1.807) is 19.1 Å². The molecule has 0 saturated heterocycles. The smallest absolute Gasteiger partial charge is 0.286 e. The summed E-state index contributed by atoms with van der Waals surface area (Å²) in [6, 6.07) is 3.15. The lowest BCUT2D eigenvalue weighted by molar-refractivity contribution is -0.386. The molecule has 0 aliphatic heterocycles. The van der Waals surface area contributed by atoms with E-state index in [4.69, 9.17) is 5.11 Å². The van der Waals surface area contributed by atoms with Crippen molar-refractivity contribution >= 4 is 21.6 Å². The number of nitro benzene ring substituents is 1. The van der Waals surface area contributed by atoms with Crippen molar-refractivity contribution in [3.63, 3.8) is 0 Å². The van der Waals surface area contributed by atoms with Crippen molar-refractivity contribution in [1.82, 2.24) is 0 Å². The number of hydrogen-bond donors (Lipinski definition) is 1. The number of aryl methyl sites for hydroxylation is 1. The normalized spacial score (nSPS) is 10.1. The fourth-order valence-corrected chi connectivity index (χ4v) is 1.88. The second-order valence-corrected chi connectivity index (χ2v) is 3.51. The molecule has 1 N–H and O–H groups in total. The molecular formula is C8H8BrNO3. The van der Waals surface area contributed by atoms with Gasteiger partial charge in [-0.1, -0.05) is 0 Å². The summed E-state index contributed by atoms with van der Waals surface area (Å²) in [6.07, 6.45) is 0. The Morgan fingerprint density at radius 3 is 2.62 bits per heavy atom. The zero-order valence-corrected chi connectivity index (χ0v) is 8.54. The highest BCUT2D eigenvalue weighted by Gasteiger charge is 2.16. The summed E-state index contributed by atoms with van der Waals surface area (Å²) in [5.41, 5.74) is 1.26. The van der Waals surface area contributed by atoms with E-state index in [0.29, 0.717) is 15.6 Å². The summed E-state index contributed by atoms with van der Waals surface area (Å²) in [5, 5.41) is 19.4. The van der Waals surface area contributed by atoms with Gasteiger partial charge in [0.05, 0.1) is 16.0 Å². The summed E-state index contributed by atoms with van der Waals surface area (Å²) in [4.78, 5) is 10.1. The van der Waals surface area contributed by atoms with Gasteiger partial charge in [0.2, 0.25) is 0 Å². The first-order valence-corrected chi connectivity index (χ1v) is 4.40. The van der Waals surface area contributed by atoms with Crippen LogP contribution in [0.3, 0.4) is 0 Å². The van der Waals surface area contributed by atoms with Crippen molar-refractivity contribution in [3.05, 3.63) is 37.8 Å². The number of aliphatic hydroxyl groups is 1. The van der Waals surface area contributed by atoms with E-state index in [1.807, 2.05) is 0 Å². The fraction of sp³-hybridized carbons (Fsp3) is 0.250. The van der Waals surface area contributed by atoms with Crippen LogP contribution in [0.1, 0.15) is 11.1 Å². The SMILES string of the molecule is Cc1cc(CO)cc(Br)c1[N+](=O)[O-]. The van der Waals surface area contributed by atoms with Crippen molar-refractivity contribution in [1.29, 1.82) is 0 Å². The predicted octanol–water partition coefficient (Wildman–Crippen LogP) is 2.16. The number of nitro groups is 1. The summed E-state index contributed by atoms with van der Waals surface area (Å²) < 4.78 is 0.404. The van der Waals surface area contributed by atoms with Gasteiger partial charge in [0, 0.05) is 5.56 Å². The first-order valence-electron chi connectivity index (χ1n) is 3.60. The van der Waals surface area contributed by atoms with Crippen molar-refractivity contribution in [2.45, 2.75) is 13.5 Å². The molecule has 0 bridgehead atoms. The molecule has 0 unspecified atom stereocenters. The van der Waals surface area contributed by atoms with Crippen LogP contribution in [-0.4, -0.2) is 10.0 Å². The number of nitrogens with zero attached hydrogens (tertiary/aromatic N) is 1. The minimum atomic E-state index is -0.444. The van der Waals surface area contributed by atoms with Crippen molar-refractivity contribution in [3.8, 4) is 0 Å². The second-order valence-electron chi connectivity index (χ2n) is 2.66. The van der Waals surface area contributed by atoms with E-state index in [1.165, 1.54) is 0 Å². The van der Waals surface area contributed by atoms with Gasteiger partial charge in [-0.05, 0) is 40.5 Å². The van der Waals surface area contributed by atoms with Gasteiger partial charge in [-0.25, -0.2) is 0 Å². The molecule has 0 radical (unpaired) electrons. The molecule has 70 valence electrons. The lowest BCUT2D eigenvalue weighted by Crippen LogP contribution is -1.95. The van der Waals surface area contributed by atoms with Crippen LogP contribution in [-0.2, 0) is 6.61 Å². The summed E-state index contributed by atoms with van der Waals surface area (Å²) in [5.74, 6) is 0. The minimum absolute atomic E-state index is 0.0530. The van der Waals surface area contributed by atoms with Crippen LogP contribution in [0.5, 0.6) is 0 Å². The van der Waals surface area contributed by atoms with Crippen molar-refractivity contribution in [2.75, 3.05) is 0 Å². The highest BCUT2D eigenvalue weighted by atomic mass is 79.9. The topological polar surface area (TPSA) is 63.4 Å².